The monoisotopic (exact) mass is 415 g/mol. The number of hydrogen-bond donors (Lipinski definition) is 2. The Labute approximate surface area is 179 Å². The Bertz CT molecular complexity index is 799. The highest BCUT2D eigenvalue weighted by Gasteiger charge is 2.34. The van der Waals surface area contributed by atoms with Gasteiger partial charge in [0.25, 0.3) is 0 Å². The molecule has 0 amide bonds. The highest BCUT2D eigenvalue weighted by Crippen LogP contribution is 2.34. The number of nitrogens with two attached hydrogens (primary N) is 1. The van der Waals surface area contributed by atoms with Crippen molar-refractivity contribution in [2.75, 3.05) is 32.9 Å². The number of nitrogens with one attached hydrogen (secondary N) is 1. The number of halogens is 1. The van der Waals surface area contributed by atoms with E-state index in [2.05, 4.69) is 31.1 Å². The van der Waals surface area contributed by atoms with Crippen molar-refractivity contribution in [2.24, 2.45) is 5.73 Å². The van der Waals surface area contributed by atoms with E-state index in [4.69, 9.17) is 15.2 Å². The van der Waals surface area contributed by atoms with Gasteiger partial charge < -0.3 is 20.5 Å². The molecule has 2 heterocycles. The van der Waals surface area contributed by atoms with Gasteiger partial charge in [0.05, 0.1) is 12.2 Å². The summed E-state index contributed by atoms with van der Waals surface area (Å²) in [5, 5.41) is 3.51. The first-order valence-electron chi connectivity index (χ1n) is 10.7. The molecule has 164 valence electrons. The summed E-state index contributed by atoms with van der Waals surface area (Å²) in [5.74, 6) is 0.531. The standard InChI is InChI=1S/C24H34FN3O2/c1-23(2,3)19-12-22(15-27-13-19)30-16-21(26)14-28-17-24(8-10-29-11-9-24)18-4-6-20(25)7-5-18/h4-7,12-13,15,21,28H,8-11,14,16-17,26H2,1-3H3/t21-/m0/s1. The number of aromatic nitrogens is 1. The van der Waals surface area contributed by atoms with Gasteiger partial charge in [-0.05, 0) is 47.6 Å². The van der Waals surface area contributed by atoms with Crippen molar-refractivity contribution >= 4 is 0 Å². The molecular formula is C24H34FN3O2. The van der Waals surface area contributed by atoms with Gasteiger partial charge >= 0.3 is 0 Å². The Morgan fingerprint density at radius 3 is 2.57 bits per heavy atom. The third kappa shape index (κ3) is 6.00. The molecule has 1 aromatic carbocycles. The average Bonchev–Trinajstić information content (AvgIpc) is 2.73. The van der Waals surface area contributed by atoms with Crippen LogP contribution in [-0.4, -0.2) is 43.9 Å². The van der Waals surface area contributed by atoms with E-state index in [1.807, 2.05) is 24.4 Å². The second-order valence-electron chi connectivity index (χ2n) is 9.26. The SMILES string of the molecule is CC(C)(C)c1cncc(OC[C@@H](N)CNCC2(c3ccc(F)cc3)CCOCC2)c1. The molecule has 5 nitrogen and oxygen atoms in total. The average molecular weight is 416 g/mol. The fourth-order valence-electron chi connectivity index (χ4n) is 3.80. The predicted octanol–water partition coefficient (Wildman–Crippen LogP) is 3.56. The molecule has 0 saturated carbocycles. The zero-order valence-electron chi connectivity index (χ0n) is 18.3. The lowest BCUT2D eigenvalue weighted by Crippen LogP contribution is -2.47. The molecule has 1 aliphatic rings. The minimum absolute atomic E-state index is 0.0222. The minimum atomic E-state index is -0.210. The van der Waals surface area contributed by atoms with Crippen LogP contribution < -0.4 is 15.8 Å². The van der Waals surface area contributed by atoms with Crippen molar-refractivity contribution in [3.63, 3.8) is 0 Å². The van der Waals surface area contributed by atoms with Crippen molar-refractivity contribution in [1.29, 1.82) is 0 Å². The van der Waals surface area contributed by atoms with Crippen LogP contribution in [0, 0.1) is 5.82 Å². The number of pyridine rings is 1. The van der Waals surface area contributed by atoms with Gasteiger partial charge in [-0.3, -0.25) is 4.98 Å². The lowest BCUT2D eigenvalue weighted by Gasteiger charge is -2.38. The number of ether oxygens (including phenoxy) is 2. The molecule has 6 heteroatoms. The molecule has 0 radical (unpaired) electrons. The summed E-state index contributed by atoms with van der Waals surface area (Å²) in [6, 6.07) is 8.73. The second kappa shape index (κ2) is 9.86. The number of nitrogens with zero attached hydrogens (tertiary/aromatic N) is 1. The molecule has 0 unspecified atom stereocenters. The summed E-state index contributed by atoms with van der Waals surface area (Å²) in [7, 11) is 0. The number of hydrogen-bond acceptors (Lipinski definition) is 5. The van der Waals surface area contributed by atoms with E-state index in [9.17, 15) is 4.39 Å². The molecule has 1 saturated heterocycles. The van der Waals surface area contributed by atoms with Crippen LogP contribution >= 0.6 is 0 Å². The Kier molecular flexibility index (Phi) is 7.45. The third-order valence-corrected chi connectivity index (χ3v) is 5.82. The molecule has 1 aromatic heterocycles. The maximum Gasteiger partial charge on any atom is 0.137 e. The van der Waals surface area contributed by atoms with Gasteiger partial charge in [-0.1, -0.05) is 32.9 Å². The Balaban J connectivity index is 1.52. The molecule has 1 atom stereocenters. The van der Waals surface area contributed by atoms with Gasteiger partial charge in [-0.25, -0.2) is 4.39 Å². The van der Waals surface area contributed by atoms with E-state index in [1.165, 1.54) is 12.1 Å². The summed E-state index contributed by atoms with van der Waals surface area (Å²) >= 11 is 0. The van der Waals surface area contributed by atoms with Crippen LogP contribution in [-0.2, 0) is 15.6 Å². The third-order valence-electron chi connectivity index (χ3n) is 5.82. The first-order valence-corrected chi connectivity index (χ1v) is 10.7. The van der Waals surface area contributed by atoms with Crippen LogP contribution in [0.5, 0.6) is 5.75 Å². The van der Waals surface area contributed by atoms with E-state index in [0.29, 0.717) is 26.4 Å². The van der Waals surface area contributed by atoms with Crippen LogP contribution in [0.2, 0.25) is 0 Å². The molecule has 0 aliphatic carbocycles. The highest BCUT2D eigenvalue weighted by molar-refractivity contribution is 5.29. The van der Waals surface area contributed by atoms with E-state index >= 15 is 0 Å². The first-order chi connectivity index (χ1) is 14.3. The fourth-order valence-corrected chi connectivity index (χ4v) is 3.80. The first kappa shape index (κ1) is 22.7. The van der Waals surface area contributed by atoms with Gasteiger partial charge in [-0.15, -0.1) is 0 Å². The topological polar surface area (TPSA) is 69.4 Å². The van der Waals surface area contributed by atoms with Gasteiger partial charge in [0.1, 0.15) is 18.2 Å². The lowest BCUT2D eigenvalue weighted by atomic mass is 9.74. The van der Waals surface area contributed by atoms with Crippen LogP contribution in [0.4, 0.5) is 4.39 Å². The van der Waals surface area contributed by atoms with Crippen LogP contribution in [0.15, 0.2) is 42.7 Å². The zero-order chi connectivity index (χ0) is 21.6. The van der Waals surface area contributed by atoms with Crippen LogP contribution in [0.25, 0.3) is 0 Å². The number of rotatable bonds is 8. The quantitative estimate of drug-likeness (QED) is 0.690. The van der Waals surface area contributed by atoms with Crippen LogP contribution in [0.1, 0.15) is 44.7 Å². The maximum absolute atomic E-state index is 13.4. The normalized spacial score (nSPS) is 17.5. The summed E-state index contributed by atoms with van der Waals surface area (Å²) in [6.45, 7) is 9.70. The minimum Gasteiger partial charge on any atom is -0.490 e. The van der Waals surface area contributed by atoms with Crippen molar-refractivity contribution in [2.45, 2.75) is 50.5 Å². The van der Waals surface area contributed by atoms with Gasteiger partial charge in [0, 0.05) is 37.9 Å². The molecule has 3 rings (SSSR count). The van der Waals surface area contributed by atoms with E-state index < -0.39 is 0 Å². The van der Waals surface area contributed by atoms with E-state index in [-0.39, 0.29) is 22.7 Å². The van der Waals surface area contributed by atoms with Gasteiger partial charge in [0.15, 0.2) is 0 Å². The van der Waals surface area contributed by atoms with Crippen molar-refractivity contribution in [3.05, 3.63) is 59.7 Å². The van der Waals surface area contributed by atoms with Crippen molar-refractivity contribution < 1.29 is 13.9 Å². The summed E-state index contributed by atoms with van der Waals surface area (Å²) in [6.07, 6.45) is 5.41. The summed E-state index contributed by atoms with van der Waals surface area (Å²) < 4.78 is 24.8. The van der Waals surface area contributed by atoms with Gasteiger partial charge in [-0.2, -0.15) is 0 Å². The Morgan fingerprint density at radius 1 is 1.20 bits per heavy atom. The second-order valence-corrected chi connectivity index (χ2v) is 9.26. The largest absolute Gasteiger partial charge is 0.490 e. The fraction of sp³-hybridized carbons (Fsp3) is 0.542. The molecule has 0 spiro atoms. The molecule has 1 aliphatic heterocycles. The van der Waals surface area contributed by atoms with E-state index in [0.717, 1.165) is 36.3 Å². The molecular weight excluding hydrogens is 381 g/mol. The summed E-state index contributed by atoms with van der Waals surface area (Å²) in [4.78, 5) is 4.28. The smallest absolute Gasteiger partial charge is 0.137 e. The summed E-state index contributed by atoms with van der Waals surface area (Å²) in [5.41, 5.74) is 8.52. The molecule has 0 bridgehead atoms. The lowest BCUT2D eigenvalue weighted by molar-refractivity contribution is 0.0497. The highest BCUT2D eigenvalue weighted by atomic mass is 19.1. The molecule has 1 fully saturated rings. The zero-order valence-corrected chi connectivity index (χ0v) is 18.3. The van der Waals surface area contributed by atoms with E-state index in [1.54, 1.807) is 6.20 Å². The number of benzene rings is 1. The van der Waals surface area contributed by atoms with Crippen molar-refractivity contribution in [3.8, 4) is 5.75 Å². The molecule has 3 N–H and O–H groups in total. The Morgan fingerprint density at radius 2 is 1.90 bits per heavy atom. The Hall–Kier alpha value is -2.02. The van der Waals surface area contributed by atoms with Gasteiger partial charge in [0.2, 0.25) is 0 Å². The molecule has 2 aromatic rings. The van der Waals surface area contributed by atoms with Crippen LogP contribution in [0.3, 0.4) is 0 Å². The molecule has 30 heavy (non-hydrogen) atoms. The van der Waals surface area contributed by atoms with Crippen molar-refractivity contribution in [1.82, 2.24) is 10.3 Å². The predicted molar refractivity (Wildman–Crippen MR) is 117 cm³/mol. The maximum atomic E-state index is 13.4.